The van der Waals surface area contributed by atoms with Gasteiger partial charge in [-0.2, -0.15) is 28.2 Å². The first-order valence-corrected chi connectivity index (χ1v) is 9.93. The maximum atomic E-state index is 13.5. The molecule has 1 aromatic heterocycles. The number of esters is 1. The maximum Gasteiger partial charge on any atom is 0.394 e. The number of carbonyl (C=O) groups is 1. The summed E-state index contributed by atoms with van der Waals surface area (Å²) in [7, 11) is 0. The third-order valence-electron chi connectivity index (χ3n) is 5.27. The molecule has 0 bridgehead atoms. The third kappa shape index (κ3) is 4.50. The molecule has 0 spiro atoms. The fourth-order valence-electron chi connectivity index (χ4n) is 3.24. The number of nitrogens with zero attached hydrogens (tertiary/aromatic N) is 3. The molecule has 3 rings (SSSR count). The Kier molecular flexibility index (Phi) is 5.70. The summed E-state index contributed by atoms with van der Waals surface area (Å²) in [5.41, 5.74) is 3.83. The number of ether oxygens (including phenoxy) is 1. The molecule has 2 N–H and O–H groups in total. The summed E-state index contributed by atoms with van der Waals surface area (Å²) < 4.78 is 45.8. The topological polar surface area (TPSA) is 83.0 Å². The van der Waals surface area contributed by atoms with Gasteiger partial charge in [0, 0.05) is 5.56 Å². The Balaban J connectivity index is 1.92. The minimum atomic E-state index is -4.53. The summed E-state index contributed by atoms with van der Waals surface area (Å²) in [6, 6.07) is 6.81. The first-order chi connectivity index (χ1) is 13.8. The molecule has 0 saturated heterocycles. The highest BCUT2D eigenvalue weighted by molar-refractivity contribution is 5.83. The van der Waals surface area contributed by atoms with Gasteiger partial charge in [0.1, 0.15) is 11.2 Å². The van der Waals surface area contributed by atoms with Gasteiger partial charge in [0.15, 0.2) is 0 Å². The molecule has 1 heterocycles. The van der Waals surface area contributed by atoms with Crippen LogP contribution in [0.5, 0.6) is 0 Å². The molecule has 0 aliphatic heterocycles. The molecule has 1 saturated carbocycles. The van der Waals surface area contributed by atoms with Gasteiger partial charge in [0.2, 0.25) is 0 Å². The van der Waals surface area contributed by atoms with Crippen LogP contribution in [0.15, 0.2) is 30.5 Å². The van der Waals surface area contributed by atoms with Crippen LogP contribution in [0.25, 0.3) is 11.3 Å². The van der Waals surface area contributed by atoms with Crippen LogP contribution >= 0.6 is 0 Å². The third-order valence-corrected chi connectivity index (χ3v) is 5.27. The van der Waals surface area contributed by atoms with E-state index in [4.69, 9.17) is 10.5 Å². The van der Waals surface area contributed by atoms with Crippen LogP contribution in [-0.2, 0) is 15.1 Å². The highest BCUT2D eigenvalue weighted by Crippen LogP contribution is 2.45. The van der Waals surface area contributed by atoms with Crippen molar-refractivity contribution in [3.63, 3.8) is 0 Å². The van der Waals surface area contributed by atoms with Gasteiger partial charge >= 0.3 is 12.1 Å². The average molecular weight is 424 g/mol. The monoisotopic (exact) mass is 424 g/mol. The van der Waals surface area contributed by atoms with Gasteiger partial charge in [0.25, 0.3) is 0 Å². The summed E-state index contributed by atoms with van der Waals surface area (Å²) in [5.74, 6) is -0.887. The van der Waals surface area contributed by atoms with Gasteiger partial charge in [-0.1, -0.05) is 38.1 Å². The Morgan fingerprint density at radius 1 is 1.23 bits per heavy atom. The van der Waals surface area contributed by atoms with Crippen molar-refractivity contribution in [2.75, 3.05) is 0 Å². The zero-order valence-electron chi connectivity index (χ0n) is 17.5. The van der Waals surface area contributed by atoms with Gasteiger partial charge in [-0.15, -0.1) is 0 Å². The number of rotatable bonds is 7. The molecule has 1 atom stereocenters. The fourth-order valence-corrected chi connectivity index (χ4v) is 3.24. The van der Waals surface area contributed by atoms with Crippen molar-refractivity contribution in [1.82, 2.24) is 15.0 Å². The second-order valence-electron chi connectivity index (χ2n) is 8.84. The maximum absolute atomic E-state index is 13.5. The first-order valence-electron chi connectivity index (χ1n) is 9.93. The number of hydrogen-bond acceptors (Lipinski definition) is 5. The van der Waals surface area contributed by atoms with Gasteiger partial charge in [-0.25, -0.2) is 4.79 Å². The lowest BCUT2D eigenvalue weighted by Crippen LogP contribution is -2.52. The molecule has 30 heavy (non-hydrogen) atoms. The van der Waals surface area contributed by atoms with Crippen LogP contribution < -0.4 is 5.73 Å². The van der Waals surface area contributed by atoms with Crippen LogP contribution in [0.1, 0.15) is 58.6 Å². The van der Waals surface area contributed by atoms with E-state index < -0.39 is 35.6 Å². The molecule has 1 aliphatic carbocycles. The van der Waals surface area contributed by atoms with E-state index in [0.29, 0.717) is 11.7 Å². The molecule has 1 aliphatic rings. The van der Waals surface area contributed by atoms with Crippen LogP contribution in [0.2, 0.25) is 0 Å². The highest BCUT2D eigenvalue weighted by Gasteiger charge is 2.54. The summed E-state index contributed by atoms with van der Waals surface area (Å²) in [5, 5.41) is 8.68. The highest BCUT2D eigenvalue weighted by atomic mass is 19.4. The average Bonchev–Trinajstić information content (AvgIpc) is 3.37. The number of hydrogen-bond donors (Lipinski definition) is 1. The molecule has 1 fully saturated rings. The van der Waals surface area contributed by atoms with Crippen molar-refractivity contribution in [3.05, 3.63) is 36.0 Å². The zero-order chi connectivity index (χ0) is 22.3. The number of aromatic nitrogens is 3. The summed E-state index contributed by atoms with van der Waals surface area (Å²) in [4.78, 5) is 14.4. The normalized spacial score (nSPS) is 17.1. The predicted molar refractivity (Wildman–Crippen MR) is 105 cm³/mol. The summed E-state index contributed by atoms with van der Waals surface area (Å²) in [6.07, 6.45) is -1.94. The standard InChI is InChI=1S/C21H27F3N4O2/c1-13(2)30-18(29)20(25,12-19(3,4)21(22,23)24)15-7-5-14(6-8-15)17-11-26-28(27-17)16-9-10-16/h5-8,11,13,16H,9-10,12,25H2,1-4H3/t20-/m1/s1. The van der Waals surface area contributed by atoms with Crippen molar-refractivity contribution in [3.8, 4) is 11.3 Å². The van der Waals surface area contributed by atoms with E-state index in [1.54, 1.807) is 49.1 Å². The lowest BCUT2D eigenvalue weighted by Gasteiger charge is -2.37. The van der Waals surface area contributed by atoms with Crippen molar-refractivity contribution in [1.29, 1.82) is 0 Å². The van der Waals surface area contributed by atoms with Gasteiger partial charge in [-0.3, -0.25) is 0 Å². The van der Waals surface area contributed by atoms with Gasteiger partial charge in [0.05, 0.1) is 23.8 Å². The Bertz CT molecular complexity index is 902. The molecular weight excluding hydrogens is 397 g/mol. The van der Waals surface area contributed by atoms with Crippen LogP contribution in [0.3, 0.4) is 0 Å². The van der Waals surface area contributed by atoms with E-state index in [1.165, 1.54) is 0 Å². The lowest BCUT2D eigenvalue weighted by molar-refractivity contribution is -0.220. The number of nitrogens with two attached hydrogens (primary N) is 1. The molecule has 6 nitrogen and oxygen atoms in total. The van der Waals surface area contributed by atoms with Gasteiger partial charge in [-0.05, 0) is 38.7 Å². The van der Waals surface area contributed by atoms with Crippen molar-refractivity contribution >= 4 is 5.97 Å². The Labute approximate surface area is 173 Å². The second kappa shape index (κ2) is 7.68. The van der Waals surface area contributed by atoms with Crippen LogP contribution in [0.4, 0.5) is 13.2 Å². The number of halogens is 3. The molecule has 0 unspecified atom stereocenters. The molecule has 0 amide bonds. The molecular formula is C21H27F3N4O2. The number of carbonyl (C=O) groups excluding carboxylic acids is 1. The second-order valence-corrected chi connectivity index (χ2v) is 8.84. The summed E-state index contributed by atoms with van der Waals surface area (Å²) >= 11 is 0. The zero-order valence-corrected chi connectivity index (χ0v) is 17.5. The Morgan fingerprint density at radius 2 is 1.83 bits per heavy atom. The molecule has 1 aromatic carbocycles. The van der Waals surface area contributed by atoms with Crippen molar-refractivity contribution in [2.45, 2.75) is 70.8 Å². The van der Waals surface area contributed by atoms with E-state index in [9.17, 15) is 18.0 Å². The fraction of sp³-hybridized carbons (Fsp3) is 0.571. The quantitative estimate of drug-likeness (QED) is 0.668. The lowest BCUT2D eigenvalue weighted by atomic mass is 9.74. The van der Waals surface area contributed by atoms with Crippen molar-refractivity contribution < 1.29 is 22.7 Å². The molecule has 164 valence electrons. The number of alkyl halides is 3. The molecule has 9 heteroatoms. The SMILES string of the molecule is CC(C)OC(=O)[C@@](N)(CC(C)(C)C(F)(F)F)c1ccc(-c2cnn(C3CC3)n2)cc1. The van der Waals surface area contributed by atoms with Crippen molar-refractivity contribution in [2.24, 2.45) is 11.1 Å². The van der Waals surface area contributed by atoms with Crippen LogP contribution in [0, 0.1) is 5.41 Å². The smallest absolute Gasteiger partial charge is 0.394 e. The van der Waals surface area contributed by atoms with E-state index in [0.717, 1.165) is 32.3 Å². The Hall–Kier alpha value is -2.42. The minimum absolute atomic E-state index is 0.254. The van der Waals surface area contributed by atoms with E-state index in [2.05, 4.69) is 10.2 Å². The van der Waals surface area contributed by atoms with E-state index in [-0.39, 0.29) is 5.56 Å². The van der Waals surface area contributed by atoms with Crippen LogP contribution in [-0.4, -0.2) is 33.2 Å². The summed E-state index contributed by atoms with van der Waals surface area (Å²) in [6.45, 7) is 5.31. The predicted octanol–water partition coefficient (Wildman–Crippen LogP) is 4.36. The van der Waals surface area contributed by atoms with Gasteiger partial charge < -0.3 is 10.5 Å². The van der Waals surface area contributed by atoms with E-state index >= 15 is 0 Å². The molecule has 0 radical (unpaired) electrons. The number of benzene rings is 1. The first kappa shape index (κ1) is 22.3. The molecule has 2 aromatic rings. The van der Waals surface area contributed by atoms with E-state index in [1.807, 2.05) is 0 Å². The minimum Gasteiger partial charge on any atom is -0.461 e. The Morgan fingerprint density at radius 3 is 2.33 bits per heavy atom. The largest absolute Gasteiger partial charge is 0.461 e.